The van der Waals surface area contributed by atoms with Crippen molar-refractivity contribution in [2.45, 2.75) is 39.3 Å². The van der Waals surface area contributed by atoms with Crippen LogP contribution in [0.25, 0.3) is 11.8 Å². The van der Waals surface area contributed by atoms with Gasteiger partial charge in [0.2, 0.25) is 12.3 Å². The Morgan fingerprint density at radius 1 is 1.07 bits per heavy atom. The first-order valence-electron chi connectivity index (χ1n) is 14.0. The number of carbonyl (C=O) groups excluding carboxylic acids is 3. The maximum Gasteiger partial charge on any atom is 0.250 e. The molecular formula is C34H34N4O4. The lowest BCUT2D eigenvalue weighted by Gasteiger charge is -2.34. The van der Waals surface area contributed by atoms with E-state index in [9.17, 15) is 14.4 Å². The number of hydrogen-bond acceptors (Lipinski definition) is 5. The molecule has 8 heteroatoms. The summed E-state index contributed by atoms with van der Waals surface area (Å²) in [7, 11) is 1.64. The van der Waals surface area contributed by atoms with Crippen molar-refractivity contribution in [3.8, 4) is 11.4 Å². The zero-order valence-corrected chi connectivity index (χ0v) is 24.0. The number of benzene rings is 3. The van der Waals surface area contributed by atoms with Crippen molar-refractivity contribution in [3.05, 3.63) is 118 Å². The Morgan fingerprint density at radius 3 is 2.43 bits per heavy atom. The van der Waals surface area contributed by atoms with Crippen molar-refractivity contribution in [2.24, 2.45) is 0 Å². The molecule has 2 heterocycles. The number of amides is 2. The van der Waals surface area contributed by atoms with Gasteiger partial charge in [-0.2, -0.15) is 0 Å². The molecule has 1 saturated heterocycles. The number of aromatic nitrogens is 2. The molecule has 1 aliphatic rings. The Balaban J connectivity index is 1.29. The Hall–Kier alpha value is -4.98. The van der Waals surface area contributed by atoms with Crippen molar-refractivity contribution in [1.82, 2.24) is 19.8 Å². The number of likely N-dealkylation sites (tertiary alicyclic amines) is 1. The fraction of sp³-hybridized carbons (Fsp3) is 0.235. The highest BCUT2D eigenvalue weighted by atomic mass is 16.5. The van der Waals surface area contributed by atoms with Crippen LogP contribution >= 0.6 is 0 Å². The predicted molar refractivity (Wildman–Crippen MR) is 161 cm³/mol. The largest absolute Gasteiger partial charge is 0.495 e. The van der Waals surface area contributed by atoms with Crippen LogP contribution in [0.4, 0.5) is 0 Å². The van der Waals surface area contributed by atoms with Gasteiger partial charge in [0, 0.05) is 36.0 Å². The molecule has 5 rings (SSSR count). The van der Waals surface area contributed by atoms with Crippen LogP contribution in [0.1, 0.15) is 64.1 Å². The number of piperidine rings is 1. The summed E-state index contributed by atoms with van der Waals surface area (Å²) in [6.07, 6.45) is 7.89. The van der Waals surface area contributed by atoms with Crippen molar-refractivity contribution >= 4 is 24.2 Å². The van der Waals surface area contributed by atoms with Crippen molar-refractivity contribution in [3.63, 3.8) is 0 Å². The number of nitrogens with zero attached hydrogens (tertiary/aromatic N) is 3. The zero-order chi connectivity index (χ0) is 29.6. The van der Waals surface area contributed by atoms with Gasteiger partial charge >= 0.3 is 0 Å². The highest BCUT2D eigenvalue weighted by molar-refractivity contribution is 6.09. The molecule has 1 atom stereocenters. The minimum Gasteiger partial charge on any atom is -0.495 e. The summed E-state index contributed by atoms with van der Waals surface area (Å²) in [4.78, 5) is 43.3. The second kappa shape index (κ2) is 12.7. The number of nitrogens with one attached hydrogen (secondary N) is 1. The molecule has 8 nitrogen and oxygen atoms in total. The molecule has 0 aliphatic carbocycles. The van der Waals surface area contributed by atoms with E-state index in [-0.39, 0.29) is 17.7 Å². The molecule has 0 saturated carbocycles. The number of imidazole rings is 1. The van der Waals surface area contributed by atoms with Gasteiger partial charge in [0.25, 0.3) is 0 Å². The first-order chi connectivity index (χ1) is 20.4. The standard InChI is InChI=1S/C34H34N4O4/c1-23-20-37(21-36-23)31-15-8-26(18-32(31)42-3)17-30-5-4-16-38(34(30)41)24(2)27-11-13-29(14-12-27)33(40)28-9-6-25(7-10-28)19-35-22-39/h6-15,17-18,20-22,24H,4-5,16,19H2,1-3H3,(H,35,39)/b30-17+/t24-/m0/s1. The lowest BCUT2D eigenvalue weighted by molar-refractivity contribution is -0.130. The number of carbonyl (C=O) groups is 3. The third kappa shape index (κ3) is 6.17. The minimum atomic E-state index is -0.142. The summed E-state index contributed by atoms with van der Waals surface area (Å²) in [6.45, 7) is 5.05. The second-order valence-electron chi connectivity index (χ2n) is 10.4. The molecule has 3 aromatic carbocycles. The molecule has 1 aromatic heterocycles. The number of rotatable bonds is 10. The van der Waals surface area contributed by atoms with E-state index in [1.807, 2.05) is 90.2 Å². The van der Waals surface area contributed by atoms with Crippen LogP contribution in [-0.2, 0) is 16.1 Å². The lowest BCUT2D eigenvalue weighted by atomic mass is 9.96. The molecule has 2 amide bonds. The van der Waals surface area contributed by atoms with Crippen LogP contribution in [0.2, 0.25) is 0 Å². The van der Waals surface area contributed by atoms with E-state index in [0.29, 0.717) is 42.8 Å². The first kappa shape index (κ1) is 28.5. The molecule has 0 bridgehead atoms. The van der Waals surface area contributed by atoms with E-state index >= 15 is 0 Å². The van der Waals surface area contributed by atoms with Gasteiger partial charge in [-0.05, 0) is 61.6 Å². The first-order valence-corrected chi connectivity index (χ1v) is 14.0. The SMILES string of the molecule is COc1cc(/C=C2\CCCN([C@@H](C)c3ccc(C(=O)c4ccc(CNC=O)cc4)cc3)C2=O)ccc1-n1cnc(C)c1. The van der Waals surface area contributed by atoms with E-state index in [2.05, 4.69) is 10.3 Å². The minimum absolute atomic E-state index is 0.0198. The van der Waals surface area contributed by atoms with Gasteiger partial charge in [0.15, 0.2) is 5.78 Å². The molecule has 1 fully saturated rings. The fourth-order valence-electron chi connectivity index (χ4n) is 5.28. The zero-order valence-electron chi connectivity index (χ0n) is 24.0. The van der Waals surface area contributed by atoms with Gasteiger partial charge in [0.1, 0.15) is 5.75 Å². The molecule has 42 heavy (non-hydrogen) atoms. The van der Waals surface area contributed by atoms with Crippen LogP contribution in [0.15, 0.2) is 84.8 Å². The van der Waals surface area contributed by atoms with Crippen molar-refractivity contribution in [1.29, 1.82) is 0 Å². The normalized spacial score (nSPS) is 15.0. The maximum absolute atomic E-state index is 13.6. The molecule has 1 aliphatic heterocycles. The average Bonchev–Trinajstić information content (AvgIpc) is 3.46. The van der Waals surface area contributed by atoms with Crippen LogP contribution in [0, 0.1) is 6.92 Å². The molecule has 214 valence electrons. The van der Waals surface area contributed by atoms with E-state index in [4.69, 9.17) is 4.74 Å². The van der Waals surface area contributed by atoms with E-state index in [0.717, 1.165) is 40.1 Å². The number of aryl methyl sites for hydroxylation is 1. The molecule has 4 aromatic rings. The number of ketones is 1. The highest BCUT2D eigenvalue weighted by Gasteiger charge is 2.28. The Morgan fingerprint density at radius 2 is 1.79 bits per heavy atom. The summed E-state index contributed by atoms with van der Waals surface area (Å²) in [6, 6.07) is 20.4. The fourth-order valence-corrected chi connectivity index (χ4v) is 5.28. The summed E-state index contributed by atoms with van der Waals surface area (Å²) in [5.41, 5.74) is 6.52. The van der Waals surface area contributed by atoms with Gasteiger partial charge in [-0.25, -0.2) is 4.98 Å². The van der Waals surface area contributed by atoms with Crippen molar-refractivity contribution < 1.29 is 19.1 Å². The van der Waals surface area contributed by atoms with Gasteiger partial charge in [-0.3, -0.25) is 14.4 Å². The van der Waals surface area contributed by atoms with Crippen LogP contribution in [-0.4, -0.2) is 46.2 Å². The van der Waals surface area contributed by atoms with Crippen LogP contribution < -0.4 is 10.1 Å². The summed E-state index contributed by atoms with van der Waals surface area (Å²) in [5.74, 6) is 0.648. The van der Waals surface area contributed by atoms with Gasteiger partial charge in [-0.15, -0.1) is 0 Å². The molecular weight excluding hydrogens is 528 g/mol. The van der Waals surface area contributed by atoms with E-state index in [1.165, 1.54) is 0 Å². The number of methoxy groups -OCH3 is 1. The van der Waals surface area contributed by atoms with Gasteiger partial charge in [-0.1, -0.05) is 54.6 Å². The molecule has 0 radical (unpaired) electrons. The maximum atomic E-state index is 13.6. The Kier molecular flexibility index (Phi) is 8.62. The second-order valence-corrected chi connectivity index (χ2v) is 10.4. The van der Waals surface area contributed by atoms with Gasteiger partial charge in [0.05, 0.1) is 30.9 Å². The van der Waals surface area contributed by atoms with E-state index < -0.39 is 0 Å². The number of hydrogen-bond donors (Lipinski definition) is 1. The lowest BCUT2D eigenvalue weighted by Crippen LogP contribution is -2.38. The summed E-state index contributed by atoms with van der Waals surface area (Å²) >= 11 is 0. The number of ether oxygens (including phenoxy) is 1. The Labute approximate surface area is 245 Å². The monoisotopic (exact) mass is 562 g/mol. The molecule has 0 unspecified atom stereocenters. The van der Waals surface area contributed by atoms with Crippen LogP contribution in [0.3, 0.4) is 0 Å². The molecule has 1 N–H and O–H groups in total. The topological polar surface area (TPSA) is 93.5 Å². The van der Waals surface area contributed by atoms with Crippen molar-refractivity contribution in [2.75, 3.05) is 13.7 Å². The summed E-state index contributed by atoms with van der Waals surface area (Å²) in [5, 5.41) is 2.61. The smallest absolute Gasteiger partial charge is 0.250 e. The highest BCUT2D eigenvalue weighted by Crippen LogP contribution is 2.31. The predicted octanol–water partition coefficient (Wildman–Crippen LogP) is 5.43. The quantitative estimate of drug-likeness (QED) is 0.158. The average molecular weight is 563 g/mol. The Bertz CT molecular complexity index is 1620. The summed E-state index contributed by atoms with van der Waals surface area (Å²) < 4.78 is 7.57. The van der Waals surface area contributed by atoms with E-state index in [1.54, 1.807) is 25.6 Å². The van der Waals surface area contributed by atoms with Gasteiger partial charge < -0.3 is 19.5 Å². The molecule has 0 spiro atoms. The third-order valence-corrected chi connectivity index (χ3v) is 7.64. The third-order valence-electron chi connectivity index (χ3n) is 7.64. The van der Waals surface area contributed by atoms with Crippen LogP contribution in [0.5, 0.6) is 5.75 Å².